The summed E-state index contributed by atoms with van der Waals surface area (Å²) in [6.07, 6.45) is 0. The van der Waals surface area contributed by atoms with Gasteiger partial charge in [0, 0.05) is 0 Å². The Morgan fingerprint density at radius 2 is 0.378 bits per heavy atom. The van der Waals surface area contributed by atoms with Crippen LogP contribution in [0, 0.1) is 13.3 Å². The molecule has 0 fully saturated rings. The van der Waals surface area contributed by atoms with Crippen LogP contribution in [0.5, 0.6) is 0 Å². The molecule has 0 N–H and O–H groups in total. The zero-order valence-electron chi connectivity index (χ0n) is 24.2. The summed E-state index contributed by atoms with van der Waals surface area (Å²) in [6, 6.07) is 64.7. The van der Waals surface area contributed by atoms with Crippen LogP contribution < -0.4 is 31.8 Å². The molecule has 0 amide bonds. The molecule has 2 nitrogen and oxygen atoms in total. The summed E-state index contributed by atoms with van der Waals surface area (Å²) >= 11 is 0. The van der Waals surface area contributed by atoms with Gasteiger partial charge < -0.3 is 0 Å². The van der Waals surface area contributed by atoms with Crippen molar-refractivity contribution in [3.05, 3.63) is 195 Å². The third kappa shape index (κ3) is 13.0. The third-order valence-corrected chi connectivity index (χ3v) is 11.0. The van der Waals surface area contributed by atoms with Gasteiger partial charge in [0.1, 0.15) is 0 Å². The zero-order valence-corrected chi connectivity index (χ0v) is 29.4. The van der Waals surface area contributed by atoms with Crippen molar-refractivity contribution < 1.29 is 28.8 Å². The molecule has 6 rings (SSSR count). The van der Waals surface area contributed by atoms with Gasteiger partial charge in [-0.1, -0.05) is 182 Å². The monoisotopic (exact) mass is 754 g/mol. The van der Waals surface area contributed by atoms with Gasteiger partial charge in [-0.25, -0.2) is 0 Å². The number of halogens is 2. The van der Waals surface area contributed by atoms with Crippen molar-refractivity contribution in [3.8, 4) is 0 Å². The molecule has 0 saturated carbocycles. The molecule has 0 aliphatic heterocycles. The smallest absolute Gasteiger partial charge is 0.0622 e. The van der Waals surface area contributed by atoms with Crippen LogP contribution >= 0.6 is 40.7 Å². The molecule has 0 saturated heterocycles. The molecule has 0 aromatic heterocycles. The maximum atomic E-state index is 7.50. The van der Waals surface area contributed by atoms with Gasteiger partial charge in [-0.05, 0) is 47.7 Å². The van der Waals surface area contributed by atoms with Crippen molar-refractivity contribution in [3.63, 3.8) is 0 Å². The van der Waals surface area contributed by atoms with E-state index in [4.69, 9.17) is 9.30 Å². The second kappa shape index (κ2) is 25.1. The Hall–Kier alpha value is -3.14. The minimum Gasteiger partial charge on any atom is -0.0622 e. The average molecular weight is 755 g/mol. The van der Waals surface area contributed by atoms with Gasteiger partial charge in [0.25, 0.3) is 0 Å². The molecule has 0 spiro atoms. The molecule has 0 unspecified atom stereocenters. The molecular weight excluding hydrogens is 722 g/mol. The first-order valence-corrected chi connectivity index (χ1v) is 15.9. The Balaban J connectivity index is 0.000000731. The molecule has 0 aliphatic rings. The Kier molecular flexibility index (Phi) is 23.4. The Bertz CT molecular complexity index is 1280. The van der Waals surface area contributed by atoms with Crippen LogP contribution in [0.4, 0.5) is 0 Å². The second-order valence-corrected chi connectivity index (χ2v) is 13.1. The summed E-state index contributed by atoms with van der Waals surface area (Å²) in [6.45, 7) is 9.00. The summed E-state index contributed by atoms with van der Waals surface area (Å²) in [4.78, 5) is 0. The predicted molar refractivity (Wildman–Crippen MR) is 193 cm³/mol. The standard InChI is InChI=1S/2C18H15P.2CO.2ClH.Ru/c2*1-4-10-16(11-5-1)19(17-12-6-2-7-13-17)18-14-8-3-9-15-18;2*1-2;;;/h2*1-15H;;;2*1H;/q;;;;;;+1. The van der Waals surface area contributed by atoms with E-state index in [9.17, 15) is 0 Å². The normalized spacial score (nSPS) is 9.02. The van der Waals surface area contributed by atoms with Crippen LogP contribution in [0.25, 0.3) is 0 Å². The first-order chi connectivity index (χ1) is 20.9. The number of hydrogen-bond acceptors (Lipinski definition) is 0. The van der Waals surface area contributed by atoms with Gasteiger partial charge in [-0.15, -0.1) is 24.8 Å². The van der Waals surface area contributed by atoms with Gasteiger partial charge in [0.05, 0.1) is 0 Å². The van der Waals surface area contributed by atoms with Crippen molar-refractivity contribution >= 4 is 72.5 Å². The predicted octanol–water partition coefficient (Wildman–Crippen LogP) is 7.66. The van der Waals surface area contributed by atoms with Crippen LogP contribution in [0.15, 0.2) is 182 Å². The SMILES string of the molecule is Cl.Cl.[C-]#[O+].[C-]#[O+].[Ru+].c1ccc(P(c2ccccc2)c2ccccc2)cc1.c1ccc(P(c2ccccc2)c2ccccc2)cc1. The summed E-state index contributed by atoms with van der Waals surface area (Å²) < 4.78 is 15.0. The molecule has 6 aromatic carbocycles. The molecule has 0 bridgehead atoms. The van der Waals surface area contributed by atoms with E-state index in [1.165, 1.54) is 31.8 Å². The van der Waals surface area contributed by atoms with Crippen LogP contribution in [0.3, 0.4) is 0 Å². The van der Waals surface area contributed by atoms with E-state index in [2.05, 4.69) is 195 Å². The first-order valence-electron chi connectivity index (χ1n) is 13.2. The van der Waals surface area contributed by atoms with E-state index >= 15 is 0 Å². The van der Waals surface area contributed by atoms with Gasteiger partial charge in [-0.3, -0.25) is 0 Å². The second-order valence-electron chi connectivity index (χ2n) is 8.68. The molecule has 0 aliphatic carbocycles. The number of hydrogen-bond donors (Lipinski definition) is 0. The van der Waals surface area contributed by atoms with Crippen molar-refractivity contribution in [2.75, 3.05) is 0 Å². The molecule has 7 heteroatoms. The molecule has 0 atom stereocenters. The van der Waals surface area contributed by atoms with Crippen LogP contribution in [-0.2, 0) is 28.8 Å². The average Bonchev–Trinajstić information content (AvgIpc) is 3.10. The van der Waals surface area contributed by atoms with Crippen molar-refractivity contribution in [1.29, 1.82) is 0 Å². The first kappa shape index (κ1) is 41.9. The molecule has 45 heavy (non-hydrogen) atoms. The third-order valence-electron chi connectivity index (χ3n) is 6.09. The fraction of sp³-hybridized carbons (Fsp3) is 0. The van der Waals surface area contributed by atoms with Crippen LogP contribution in [0.2, 0.25) is 0 Å². The Labute approximate surface area is 294 Å². The summed E-state index contributed by atoms with van der Waals surface area (Å²) in [5.41, 5.74) is 0. The maximum Gasteiger partial charge on any atom is 1.00 e. The molecule has 227 valence electrons. The quantitative estimate of drug-likeness (QED) is 0.0726. The van der Waals surface area contributed by atoms with Gasteiger partial charge in [-0.2, -0.15) is 0 Å². The van der Waals surface area contributed by atoms with Gasteiger partial charge in [0.2, 0.25) is 0 Å². The largest absolute Gasteiger partial charge is 1.00 e. The van der Waals surface area contributed by atoms with Crippen molar-refractivity contribution in [2.45, 2.75) is 0 Å². The van der Waals surface area contributed by atoms with E-state index in [1.54, 1.807) is 0 Å². The fourth-order valence-corrected chi connectivity index (χ4v) is 8.97. The number of rotatable bonds is 6. The summed E-state index contributed by atoms with van der Waals surface area (Å²) in [7, 11) is -0.892. The van der Waals surface area contributed by atoms with Crippen molar-refractivity contribution in [2.24, 2.45) is 0 Å². The van der Waals surface area contributed by atoms with E-state index < -0.39 is 15.8 Å². The fourth-order valence-electron chi connectivity index (χ4n) is 4.36. The zero-order chi connectivity index (χ0) is 29.8. The molecule has 0 heterocycles. The van der Waals surface area contributed by atoms with E-state index in [0.29, 0.717) is 0 Å². The van der Waals surface area contributed by atoms with Crippen LogP contribution in [0.1, 0.15) is 0 Å². The minimum atomic E-state index is -0.446. The van der Waals surface area contributed by atoms with E-state index in [0.717, 1.165) is 0 Å². The summed E-state index contributed by atoms with van der Waals surface area (Å²) in [5.74, 6) is 0. The Morgan fingerprint density at radius 1 is 0.267 bits per heavy atom. The molecular formula is C38H32Cl2O2P2Ru+. The topological polar surface area (TPSA) is 39.8 Å². The van der Waals surface area contributed by atoms with E-state index in [-0.39, 0.29) is 44.3 Å². The summed E-state index contributed by atoms with van der Waals surface area (Å²) in [5, 5.41) is 8.39. The maximum absolute atomic E-state index is 7.50. The Morgan fingerprint density at radius 3 is 0.489 bits per heavy atom. The van der Waals surface area contributed by atoms with Gasteiger partial charge >= 0.3 is 42.1 Å². The number of benzene rings is 6. The van der Waals surface area contributed by atoms with Gasteiger partial charge in [0.15, 0.2) is 0 Å². The molecule has 1 radical (unpaired) electrons. The van der Waals surface area contributed by atoms with E-state index in [1.807, 2.05) is 0 Å². The molecule has 6 aromatic rings. The van der Waals surface area contributed by atoms with Crippen molar-refractivity contribution in [1.82, 2.24) is 0 Å². The minimum absolute atomic E-state index is 0. The van der Waals surface area contributed by atoms with Crippen LogP contribution in [-0.4, -0.2) is 0 Å².